The van der Waals surface area contributed by atoms with Gasteiger partial charge in [0, 0.05) is 12.4 Å². The summed E-state index contributed by atoms with van der Waals surface area (Å²) in [5.74, 6) is 0.305. The molecule has 0 aliphatic rings. The Morgan fingerprint density at radius 2 is 1.65 bits per heavy atom. The number of nitriles is 1. The van der Waals surface area contributed by atoms with Gasteiger partial charge >= 0.3 is 0 Å². The quantitative estimate of drug-likeness (QED) is 0.745. The molecule has 1 N–H and O–H groups in total. The fourth-order valence-electron chi connectivity index (χ4n) is 2.54. The number of ether oxygens (including phenoxy) is 1. The Kier molecular flexibility index (Phi) is 5.58. The van der Waals surface area contributed by atoms with Gasteiger partial charge in [-0.1, -0.05) is 30.3 Å². The number of nitrogens with one attached hydrogen (secondary N) is 1. The van der Waals surface area contributed by atoms with Gasteiger partial charge in [0.25, 0.3) is 5.91 Å². The van der Waals surface area contributed by atoms with Crippen molar-refractivity contribution < 1.29 is 9.53 Å². The van der Waals surface area contributed by atoms with E-state index in [2.05, 4.69) is 10.3 Å². The first-order chi connectivity index (χ1) is 12.8. The molecule has 5 heteroatoms. The maximum atomic E-state index is 12.4. The maximum Gasteiger partial charge on any atom is 0.258 e. The Hall–Kier alpha value is -3.65. The van der Waals surface area contributed by atoms with E-state index in [1.807, 2.05) is 48.5 Å². The topological polar surface area (TPSA) is 75.0 Å². The van der Waals surface area contributed by atoms with Gasteiger partial charge in [-0.25, -0.2) is 0 Å². The molecule has 1 unspecified atom stereocenters. The SMILES string of the molecule is N#Cc1ccc(OCC(=O)NC(c2ccccc2)c2ccncc2)cc1. The van der Waals surface area contributed by atoms with E-state index in [1.54, 1.807) is 36.7 Å². The molecule has 2 aromatic carbocycles. The molecule has 0 aliphatic carbocycles. The van der Waals surface area contributed by atoms with E-state index in [0.717, 1.165) is 11.1 Å². The molecule has 1 heterocycles. The monoisotopic (exact) mass is 343 g/mol. The molecule has 0 saturated heterocycles. The summed E-state index contributed by atoms with van der Waals surface area (Å²) in [4.78, 5) is 16.4. The van der Waals surface area contributed by atoms with E-state index in [4.69, 9.17) is 10.00 Å². The number of carbonyl (C=O) groups excluding carboxylic acids is 1. The predicted octanol–water partition coefficient (Wildman–Crippen LogP) is 3.24. The zero-order valence-corrected chi connectivity index (χ0v) is 14.0. The van der Waals surface area contributed by atoms with Gasteiger partial charge in [-0.15, -0.1) is 0 Å². The molecule has 0 radical (unpaired) electrons. The molecule has 0 aliphatic heterocycles. The molecule has 128 valence electrons. The second-order valence-corrected chi connectivity index (χ2v) is 5.62. The van der Waals surface area contributed by atoms with E-state index in [1.165, 1.54) is 0 Å². The standard InChI is InChI=1S/C21H17N3O2/c22-14-16-6-8-19(9-7-16)26-15-20(25)24-21(17-4-2-1-3-5-17)18-10-12-23-13-11-18/h1-13,21H,15H2,(H,24,25). The number of benzene rings is 2. The maximum absolute atomic E-state index is 12.4. The summed E-state index contributed by atoms with van der Waals surface area (Å²) in [5, 5.41) is 11.8. The first kappa shape index (κ1) is 17.2. The van der Waals surface area contributed by atoms with Crippen molar-refractivity contribution in [2.45, 2.75) is 6.04 Å². The number of nitrogens with zero attached hydrogens (tertiary/aromatic N) is 2. The second-order valence-electron chi connectivity index (χ2n) is 5.62. The minimum atomic E-state index is -0.281. The van der Waals surface area contributed by atoms with Crippen LogP contribution >= 0.6 is 0 Å². The van der Waals surface area contributed by atoms with Crippen LogP contribution in [0.5, 0.6) is 5.75 Å². The molecule has 0 bridgehead atoms. The van der Waals surface area contributed by atoms with Gasteiger partial charge < -0.3 is 10.1 Å². The lowest BCUT2D eigenvalue weighted by molar-refractivity contribution is -0.123. The predicted molar refractivity (Wildman–Crippen MR) is 97.3 cm³/mol. The van der Waals surface area contributed by atoms with E-state index in [9.17, 15) is 4.79 Å². The molecule has 1 amide bonds. The Morgan fingerprint density at radius 3 is 2.31 bits per heavy atom. The minimum absolute atomic E-state index is 0.111. The summed E-state index contributed by atoms with van der Waals surface area (Å²) in [7, 11) is 0. The summed E-state index contributed by atoms with van der Waals surface area (Å²) in [6.45, 7) is -0.111. The fraction of sp³-hybridized carbons (Fsp3) is 0.0952. The van der Waals surface area contributed by atoms with Crippen LogP contribution in [0.2, 0.25) is 0 Å². The molecule has 0 fully saturated rings. The van der Waals surface area contributed by atoms with E-state index >= 15 is 0 Å². The molecular weight excluding hydrogens is 326 g/mol. The van der Waals surface area contributed by atoms with Crippen LogP contribution in [-0.2, 0) is 4.79 Å². The lowest BCUT2D eigenvalue weighted by Gasteiger charge is -2.20. The van der Waals surface area contributed by atoms with Crippen LogP contribution in [0.15, 0.2) is 79.1 Å². The van der Waals surface area contributed by atoms with Crippen molar-refractivity contribution in [2.75, 3.05) is 6.61 Å². The Bertz CT molecular complexity index is 849. The van der Waals surface area contributed by atoms with Gasteiger partial charge in [0.15, 0.2) is 6.61 Å². The summed E-state index contributed by atoms with van der Waals surface area (Å²) in [5.41, 5.74) is 2.46. The molecule has 5 nitrogen and oxygen atoms in total. The molecule has 0 saturated carbocycles. The third-order valence-electron chi connectivity index (χ3n) is 3.83. The largest absolute Gasteiger partial charge is 0.484 e. The summed E-state index contributed by atoms with van der Waals surface area (Å²) in [6, 6.07) is 21.9. The van der Waals surface area contributed by atoms with E-state index in [0.29, 0.717) is 11.3 Å². The summed E-state index contributed by atoms with van der Waals surface area (Å²) in [6.07, 6.45) is 3.40. The number of hydrogen-bond donors (Lipinski definition) is 1. The molecule has 1 atom stereocenters. The first-order valence-electron chi connectivity index (χ1n) is 8.13. The number of hydrogen-bond acceptors (Lipinski definition) is 4. The van der Waals surface area contributed by atoms with Crippen molar-refractivity contribution in [3.05, 3.63) is 95.8 Å². The van der Waals surface area contributed by atoms with Gasteiger partial charge in [-0.2, -0.15) is 5.26 Å². The Balaban J connectivity index is 1.68. The number of carbonyl (C=O) groups is 1. The molecule has 1 aromatic heterocycles. The smallest absolute Gasteiger partial charge is 0.258 e. The van der Waals surface area contributed by atoms with Crippen LogP contribution in [0, 0.1) is 11.3 Å². The van der Waals surface area contributed by atoms with Crippen LogP contribution in [0.3, 0.4) is 0 Å². The average Bonchev–Trinajstić information content (AvgIpc) is 2.72. The number of amides is 1. The van der Waals surface area contributed by atoms with Crippen molar-refractivity contribution in [1.82, 2.24) is 10.3 Å². The second kappa shape index (κ2) is 8.45. The zero-order valence-electron chi connectivity index (χ0n) is 14.0. The molecule has 0 spiro atoms. The van der Waals surface area contributed by atoms with E-state index in [-0.39, 0.29) is 18.6 Å². The highest BCUT2D eigenvalue weighted by molar-refractivity contribution is 5.78. The third-order valence-corrected chi connectivity index (χ3v) is 3.83. The van der Waals surface area contributed by atoms with Gasteiger partial charge in [0.1, 0.15) is 5.75 Å². The van der Waals surface area contributed by atoms with Crippen molar-refractivity contribution in [1.29, 1.82) is 5.26 Å². The van der Waals surface area contributed by atoms with Crippen LogP contribution in [-0.4, -0.2) is 17.5 Å². The Labute approximate surface area is 151 Å². The molecular formula is C21H17N3O2. The van der Waals surface area contributed by atoms with Gasteiger partial charge in [0.2, 0.25) is 0 Å². The van der Waals surface area contributed by atoms with Crippen molar-refractivity contribution >= 4 is 5.91 Å². The highest BCUT2D eigenvalue weighted by Crippen LogP contribution is 2.21. The Morgan fingerprint density at radius 1 is 1.00 bits per heavy atom. The fourth-order valence-corrected chi connectivity index (χ4v) is 2.54. The van der Waals surface area contributed by atoms with E-state index < -0.39 is 0 Å². The highest BCUT2D eigenvalue weighted by atomic mass is 16.5. The average molecular weight is 343 g/mol. The van der Waals surface area contributed by atoms with Crippen LogP contribution < -0.4 is 10.1 Å². The lowest BCUT2D eigenvalue weighted by Crippen LogP contribution is -2.33. The van der Waals surface area contributed by atoms with Gasteiger partial charge in [-0.05, 0) is 47.5 Å². The van der Waals surface area contributed by atoms with Gasteiger partial charge in [0.05, 0.1) is 17.7 Å². The summed E-state index contributed by atoms with van der Waals surface area (Å²) >= 11 is 0. The minimum Gasteiger partial charge on any atom is -0.484 e. The third kappa shape index (κ3) is 4.46. The van der Waals surface area contributed by atoms with Crippen molar-refractivity contribution in [3.8, 4) is 11.8 Å². The summed E-state index contributed by atoms with van der Waals surface area (Å²) < 4.78 is 5.51. The number of rotatable bonds is 6. The highest BCUT2D eigenvalue weighted by Gasteiger charge is 2.17. The molecule has 3 aromatic rings. The number of pyridine rings is 1. The van der Waals surface area contributed by atoms with Crippen molar-refractivity contribution in [3.63, 3.8) is 0 Å². The first-order valence-corrected chi connectivity index (χ1v) is 8.13. The zero-order chi connectivity index (χ0) is 18.2. The lowest BCUT2D eigenvalue weighted by atomic mass is 10.00. The van der Waals surface area contributed by atoms with Crippen LogP contribution in [0.25, 0.3) is 0 Å². The number of aromatic nitrogens is 1. The van der Waals surface area contributed by atoms with Crippen LogP contribution in [0.1, 0.15) is 22.7 Å². The molecule has 3 rings (SSSR count). The van der Waals surface area contributed by atoms with Crippen molar-refractivity contribution in [2.24, 2.45) is 0 Å². The molecule has 26 heavy (non-hydrogen) atoms. The van der Waals surface area contributed by atoms with Crippen LogP contribution in [0.4, 0.5) is 0 Å². The van der Waals surface area contributed by atoms with Gasteiger partial charge in [-0.3, -0.25) is 9.78 Å². The normalized spacial score (nSPS) is 11.2.